The van der Waals surface area contributed by atoms with E-state index in [0.29, 0.717) is 0 Å². The van der Waals surface area contributed by atoms with Gasteiger partial charge in [0.2, 0.25) is 0 Å². The van der Waals surface area contributed by atoms with Crippen LogP contribution in [0.15, 0.2) is 0 Å². The number of hydrogen-bond acceptors (Lipinski definition) is 0. The van der Waals surface area contributed by atoms with Crippen LogP contribution in [0.3, 0.4) is 0 Å². The number of halogens is 3. The van der Waals surface area contributed by atoms with Crippen LogP contribution in [0.25, 0.3) is 0 Å². The van der Waals surface area contributed by atoms with E-state index >= 15 is 0 Å². The van der Waals surface area contributed by atoms with Gasteiger partial charge in [-0.1, -0.05) is 0 Å². The van der Waals surface area contributed by atoms with Gasteiger partial charge in [0.15, 0.2) is 0 Å². The summed E-state index contributed by atoms with van der Waals surface area (Å²) in [6, 6.07) is 0. The van der Waals surface area contributed by atoms with Gasteiger partial charge in [-0.3, -0.25) is 0 Å². The summed E-state index contributed by atoms with van der Waals surface area (Å²) < 4.78 is 0. The van der Waals surface area contributed by atoms with Crippen molar-refractivity contribution in [2.45, 2.75) is 12.2 Å². The molecule has 0 aliphatic carbocycles. The summed E-state index contributed by atoms with van der Waals surface area (Å²) in [6.07, 6.45) is 0. The van der Waals surface area contributed by atoms with Crippen LogP contribution in [-0.2, 0) is 0 Å². The van der Waals surface area contributed by atoms with E-state index in [2.05, 4.69) is 49.3 Å². The third-order valence-corrected chi connectivity index (χ3v) is 8.84. The van der Waals surface area contributed by atoms with Crippen LogP contribution in [0.5, 0.6) is 0 Å². The first kappa shape index (κ1) is 7.96. The third kappa shape index (κ3) is 5.96. The Hall–Kier alpha value is 1.96. The van der Waals surface area contributed by atoms with Crippen molar-refractivity contribution < 1.29 is 0 Å². The molecule has 0 spiro atoms. The predicted molar refractivity (Wildman–Crippen MR) is 43.0 cm³/mol. The first-order valence-corrected chi connectivity index (χ1v) is 14.7. The molecule has 6 heavy (non-hydrogen) atoms. The van der Waals surface area contributed by atoms with Crippen molar-refractivity contribution in [3.05, 3.63) is 0 Å². The van der Waals surface area contributed by atoms with E-state index in [0.717, 1.165) is 0 Å². The Labute approximate surface area is 61.4 Å². The molecule has 0 aromatic heterocycles. The molecule has 0 amide bonds. The van der Waals surface area contributed by atoms with E-state index in [1.165, 1.54) is 5.32 Å². The van der Waals surface area contributed by atoms with Gasteiger partial charge >= 0.3 is 62.0 Å². The monoisotopic (exact) mass is 346 g/mol. The average molecular weight is 348 g/mol. The van der Waals surface area contributed by atoms with Crippen LogP contribution < -0.4 is 0 Å². The molecule has 0 aromatic carbocycles. The van der Waals surface area contributed by atoms with Crippen LogP contribution in [0.2, 0.25) is 5.32 Å². The first-order valence-electron chi connectivity index (χ1n) is 1.46. The molecule has 0 saturated carbocycles. The van der Waals surface area contributed by atoms with Gasteiger partial charge in [0.25, 0.3) is 0 Å². The Kier molecular flexibility index (Phi) is 4.08. The molecule has 0 radical (unpaired) electrons. The summed E-state index contributed by atoms with van der Waals surface area (Å²) in [5, 5.41) is 1.18. The van der Waals surface area contributed by atoms with E-state index in [-0.39, 0.29) is 0 Å². The summed E-state index contributed by atoms with van der Waals surface area (Å²) in [7, 11) is -1.34. The molecule has 0 aromatic rings. The van der Waals surface area contributed by atoms with Crippen LogP contribution in [0.1, 0.15) is 6.92 Å². The third-order valence-electron chi connectivity index (χ3n) is 0.327. The topological polar surface area (TPSA) is 0 Å². The van der Waals surface area contributed by atoms with Crippen LogP contribution in [0.4, 0.5) is 0 Å². The second-order valence-corrected chi connectivity index (χ2v) is 34.9. The number of hydrogen-bond donors (Lipinski definition) is 0. The Morgan fingerprint density at radius 1 is 1.33 bits per heavy atom. The summed E-state index contributed by atoms with van der Waals surface area (Å²) in [4.78, 5) is 0. The van der Waals surface area contributed by atoms with E-state index in [9.17, 15) is 0 Å². The van der Waals surface area contributed by atoms with Crippen molar-refractivity contribution in [3.63, 3.8) is 0 Å². The normalized spacial score (nSPS) is 14.7. The van der Waals surface area contributed by atoms with E-state index in [1.807, 2.05) is 0 Å². The second kappa shape index (κ2) is 3.08. The fraction of sp³-hybridized carbons (Fsp3) is 1.00. The van der Waals surface area contributed by atoms with Gasteiger partial charge in [-0.25, -0.2) is 0 Å². The molecule has 0 N–H and O–H groups in total. The molecule has 0 saturated heterocycles. The van der Waals surface area contributed by atoms with E-state index in [4.69, 9.17) is 0 Å². The van der Waals surface area contributed by atoms with E-state index < -0.39 is 7.42 Å². The van der Waals surface area contributed by atoms with Crippen LogP contribution in [-0.4, -0.2) is 7.42 Å². The minimum atomic E-state index is -1.34. The van der Waals surface area contributed by atoms with Gasteiger partial charge in [-0.15, -0.1) is 0 Å². The molecule has 0 heterocycles. The Bertz CT molecular complexity index is 38.5. The summed E-state index contributed by atoms with van der Waals surface area (Å²) >= 11 is 10.4. The fourth-order valence-electron chi connectivity index (χ4n) is 0. The van der Waals surface area contributed by atoms with Crippen molar-refractivity contribution in [2.75, 3.05) is 0 Å². The summed E-state index contributed by atoms with van der Waals surface area (Å²) in [6.45, 7) is 2.14. The molecule has 40 valence electrons. The molecule has 0 aliphatic heterocycles. The second-order valence-electron chi connectivity index (χ2n) is 0.791. The van der Waals surface area contributed by atoms with Gasteiger partial charge in [-0.2, -0.15) is 0 Å². The summed E-state index contributed by atoms with van der Waals surface area (Å²) in [5.41, 5.74) is 0. The van der Waals surface area contributed by atoms with Crippen molar-refractivity contribution >= 4 is 49.8 Å². The van der Waals surface area contributed by atoms with Gasteiger partial charge in [0.1, 0.15) is 0 Å². The molecule has 0 nitrogen and oxygen atoms in total. The summed E-state index contributed by atoms with van der Waals surface area (Å²) in [5.74, 6) is 0. The van der Waals surface area contributed by atoms with Crippen LogP contribution >= 0.6 is 42.3 Å². The molecule has 0 fully saturated rings. The zero-order valence-electron chi connectivity index (χ0n) is 3.25. The van der Waals surface area contributed by atoms with Crippen molar-refractivity contribution in [2.24, 2.45) is 0 Å². The maximum absolute atomic E-state index is 3.47. The van der Waals surface area contributed by atoms with Crippen LogP contribution in [0, 0.1) is 0 Å². The van der Waals surface area contributed by atoms with Crippen molar-refractivity contribution in [1.82, 2.24) is 0 Å². The SMILES string of the molecule is CC[Se](Br)(Br)Br. The first-order chi connectivity index (χ1) is 2.56. The van der Waals surface area contributed by atoms with Gasteiger partial charge in [0.05, 0.1) is 0 Å². The van der Waals surface area contributed by atoms with Gasteiger partial charge in [-0.05, 0) is 0 Å². The Morgan fingerprint density at radius 3 is 1.50 bits per heavy atom. The van der Waals surface area contributed by atoms with Gasteiger partial charge in [0, 0.05) is 0 Å². The molecular weight excluding hydrogens is 343 g/mol. The predicted octanol–water partition coefficient (Wildman–Crippen LogP) is 3.13. The maximum atomic E-state index is 3.47. The molecule has 0 bridgehead atoms. The standard InChI is InChI=1S/C2H5Br3Se/c1-2-6(3,4)5/h2H2,1H3. The van der Waals surface area contributed by atoms with E-state index in [1.54, 1.807) is 0 Å². The number of rotatable bonds is 1. The quantitative estimate of drug-likeness (QED) is 0.639. The molecule has 0 unspecified atom stereocenters. The molecule has 0 rings (SSSR count). The molecule has 0 aliphatic rings. The van der Waals surface area contributed by atoms with Crippen molar-refractivity contribution in [1.29, 1.82) is 0 Å². The zero-order chi connectivity index (χ0) is 5.21. The van der Waals surface area contributed by atoms with Crippen molar-refractivity contribution in [3.8, 4) is 0 Å². The zero-order valence-corrected chi connectivity index (χ0v) is 9.72. The molecule has 0 atom stereocenters. The molecular formula is C2H5Br3Se. The molecule has 4 heteroatoms. The minimum absolute atomic E-state index is 1.18. The Balaban J connectivity index is 3.17. The average Bonchev–Trinajstić information content (AvgIpc) is 1.35. The van der Waals surface area contributed by atoms with Gasteiger partial charge < -0.3 is 0 Å². The fourth-order valence-corrected chi connectivity index (χ4v) is 0. The Morgan fingerprint density at radius 2 is 1.50 bits per heavy atom.